The van der Waals surface area contributed by atoms with E-state index in [1.54, 1.807) is 35.0 Å². The van der Waals surface area contributed by atoms with E-state index in [1.165, 1.54) is 0 Å². The number of aryl methyl sites for hydroxylation is 2. The summed E-state index contributed by atoms with van der Waals surface area (Å²) >= 11 is 0. The van der Waals surface area contributed by atoms with Crippen molar-refractivity contribution in [1.29, 1.82) is 0 Å². The third kappa shape index (κ3) is 3.14. The van der Waals surface area contributed by atoms with Gasteiger partial charge >= 0.3 is 0 Å². The number of nitrogens with one attached hydrogen (secondary N) is 1. The third-order valence-corrected chi connectivity index (χ3v) is 5.82. The smallest absolute Gasteiger partial charge is 0.261 e. The summed E-state index contributed by atoms with van der Waals surface area (Å²) in [7, 11) is -3.72. The minimum absolute atomic E-state index is 0.202. The number of benzene rings is 2. The number of hydrogen-bond acceptors (Lipinski definition) is 4. The zero-order chi connectivity index (χ0) is 19.0. The molecule has 0 aliphatic heterocycles. The lowest BCUT2D eigenvalue weighted by Gasteiger charge is -2.06. The van der Waals surface area contributed by atoms with Crippen molar-refractivity contribution >= 4 is 37.8 Å². The molecule has 0 saturated carbocycles. The van der Waals surface area contributed by atoms with Crippen molar-refractivity contribution in [2.75, 3.05) is 4.72 Å². The highest BCUT2D eigenvalue weighted by atomic mass is 32.2. The molecule has 0 saturated heterocycles. The Kier molecular flexibility index (Phi) is 4.31. The number of para-hydroxylation sites is 1. The average Bonchev–Trinajstić information content (AvgIpc) is 2.98. The predicted molar refractivity (Wildman–Crippen MR) is 107 cm³/mol. The molecule has 0 radical (unpaired) electrons. The first kappa shape index (κ1) is 17.5. The monoisotopic (exact) mass is 380 g/mol. The molecular weight excluding hydrogens is 360 g/mol. The van der Waals surface area contributed by atoms with Crippen molar-refractivity contribution in [3.63, 3.8) is 0 Å². The number of nitrogens with zero attached hydrogens (tertiary/aromatic N) is 3. The summed E-state index contributed by atoms with van der Waals surface area (Å²) in [5, 5.41) is 6.16. The zero-order valence-electron chi connectivity index (χ0n) is 15.2. The molecule has 1 N–H and O–H groups in total. The van der Waals surface area contributed by atoms with Crippen LogP contribution in [0.2, 0.25) is 0 Å². The normalized spacial score (nSPS) is 11.9. The third-order valence-electron chi connectivity index (χ3n) is 4.47. The Bertz CT molecular complexity index is 1230. The van der Waals surface area contributed by atoms with Gasteiger partial charge in [-0.15, -0.1) is 0 Å². The van der Waals surface area contributed by atoms with Gasteiger partial charge in [-0.3, -0.25) is 4.72 Å². The van der Waals surface area contributed by atoms with E-state index in [0.29, 0.717) is 23.4 Å². The molecule has 0 atom stereocenters. The number of hydrogen-bond donors (Lipinski definition) is 1. The number of fused-ring (bicyclic) bond motifs is 2. The Morgan fingerprint density at radius 1 is 1.07 bits per heavy atom. The molecule has 2 heterocycles. The average molecular weight is 380 g/mol. The van der Waals surface area contributed by atoms with Crippen molar-refractivity contribution in [3.8, 4) is 0 Å². The van der Waals surface area contributed by atoms with Gasteiger partial charge in [-0.2, -0.15) is 5.10 Å². The van der Waals surface area contributed by atoms with Crippen LogP contribution in [0.1, 0.15) is 18.9 Å². The molecular formula is C20H20N4O2S. The fraction of sp³-hybridized carbons (Fsp3) is 0.200. The zero-order valence-corrected chi connectivity index (χ0v) is 16.0. The highest BCUT2D eigenvalue weighted by Crippen LogP contribution is 2.29. The fourth-order valence-corrected chi connectivity index (χ4v) is 4.20. The first-order valence-corrected chi connectivity index (χ1v) is 10.3. The van der Waals surface area contributed by atoms with Crippen molar-refractivity contribution in [2.24, 2.45) is 0 Å². The van der Waals surface area contributed by atoms with Gasteiger partial charge in [-0.1, -0.05) is 43.3 Å². The highest BCUT2D eigenvalue weighted by Gasteiger charge is 2.20. The van der Waals surface area contributed by atoms with Crippen molar-refractivity contribution in [2.45, 2.75) is 31.7 Å². The molecule has 0 unspecified atom stereocenters. The standard InChI is InChI=1S/C20H20N4O2S/c1-3-12-24-20-17(13-15-9-7-8-14(2)18(15)21-20)19(22-24)23-27(25,26)16-10-5-4-6-11-16/h4-11,13H,3,12H2,1-2H3,(H,22,23). The SMILES string of the molecule is CCCn1nc(NS(=O)(=O)c2ccccc2)c2cc3cccc(C)c3nc21. The van der Waals surface area contributed by atoms with E-state index in [2.05, 4.69) is 9.82 Å². The second kappa shape index (κ2) is 6.66. The lowest BCUT2D eigenvalue weighted by molar-refractivity contribution is 0.599. The summed E-state index contributed by atoms with van der Waals surface area (Å²) in [5.74, 6) is 0.304. The van der Waals surface area contributed by atoms with Gasteiger partial charge in [0.2, 0.25) is 0 Å². The predicted octanol–water partition coefficient (Wildman–Crippen LogP) is 4.10. The molecule has 0 amide bonds. The molecule has 0 aliphatic carbocycles. The molecule has 2 aromatic carbocycles. The van der Waals surface area contributed by atoms with Gasteiger partial charge in [0.15, 0.2) is 11.5 Å². The quantitative estimate of drug-likeness (QED) is 0.565. The number of anilines is 1. The van der Waals surface area contributed by atoms with Crippen molar-refractivity contribution in [3.05, 3.63) is 60.2 Å². The maximum absolute atomic E-state index is 12.7. The van der Waals surface area contributed by atoms with Gasteiger partial charge in [-0.25, -0.2) is 18.1 Å². The second-order valence-electron chi connectivity index (χ2n) is 6.50. The highest BCUT2D eigenvalue weighted by molar-refractivity contribution is 7.92. The van der Waals surface area contributed by atoms with Crippen LogP contribution in [0.3, 0.4) is 0 Å². The summed E-state index contributed by atoms with van der Waals surface area (Å²) in [4.78, 5) is 4.99. The van der Waals surface area contributed by atoms with Crippen LogP contribution in [-0.4, -0.2) is 23.2 Å². The summed E-state index contributed by atoms with van der Waals surface area (Å²) in [5.41, 5.74) is 2.66. The summed E-state index contributed by atoms with van der Waals surface area (Å²) in [6.07, 6.45) is 0.870. The Labute approximate surface area is 157 Å². The van der Waals surface area contributed by atoms with Crippen molar-refractivity contribution in [1.82, 2.24) is 14.8 Å². The maximum atomic E-state index is 12.7. The van der Waals surface area contributed by atoms with Gasteiger partial charge in [0.05, 0.1) is 15.8 Å². The lowest BCUT2D eigenvalue weighted by atomic mass is 10.1. The van der Waals surface area contributed by atoms with Gasteiger partial charge < -0.3 is 0 Å². The first-order chi connectivity index (χ1) is 13.0. The van der Waals surface area contributed by atoms with Gasteiger partial charge in [0.25, 0.3) is 10.0 Å². The molecule has 138 valence electrons. The Hall–Kier alpha value is -2.93. The summed E-state index contributed by atoms with van der Waals surface area (Å²) < 4.78 is 29.9. The fourth-order valence-electron chi connectivity index (χ4n) is 3.16. The molecule has 4 aromatic rings. The minimum Gasteiger partial charge on any atom is -0.261 e. The van der Waals surface area contributed by atoms with Crippen LogP contribution in [0.25, 0.3) is 21.9 Å². The number of aromatic nitrogens is 3. The summed E-state index contributed by atoms with van der Waals surface area (Å²) in [6.45, 7) is 4.72. The number of rotatable bonds is 5. The largest absolute Gasteiger partial charge is 0.263 e. The Morgan fingerprint density at radius 3 is 2.59 bits per heavy atom. The molecule has 2 aromatic heterocycles. The molecule has 0 aliphatic rings. The van der Waals surface area contributed by atoms with E-state index in [1.807, 2.05) is 38.1 Å². The van der Waals surface area contributed by atoms with E-state index < -0.39 is 10.0 Å². The lowest BCUT2D eigenvalue weighted by Crippen LogP contribution is -2.13. The van der Waals surface area contributed by atoms with Crippen molar-refractivity contribution < 1.29 is 8.42 Å². The molecule has 6 nitrogen and oxygen atoms in total. The summed E-state index contributed by atoms with van der Waals surface area (Å²) in [6, 6.07) is 16.2. The van der Waals surface area contributed by atoms with Crippen LogP contribution in [0.15, 0.2) is 59.5 Å². The molecule has 4 rings (SSSR count). The van der Waals surface area contributed by atoms with Crippen LogP contribution in [0.5, 0.6) is 0 Å². The van der Waals surface area contributed by atoms with Crippen LogP contribution >= 0.6 is 0 Å². The van der Waals surface area contributed by atoms with E-state index in [9.17, 15) is 8.42 Å². The molecule has 0 fully saturated rings. The molecule has 0 bridgehead atoms. The van der Waals surface area contributed by atoms with E-state index in [4.69, 9.17) is 4.98 Å². The van der Waals surface area contributed by atoms with Gasteiger partial charge in [-0.05, 0) is 37.1 Å². The van der Waals surface area contributed by atoms with E-state index >= 15 is 0 Å². The van der Waals surface area contributed by atoms with Gasteiger partial charge in [0, 0.05) is 11.9 Å². The van der Waals surface area contributed by atoms with Crippen LogP contribution < -0.4 is 4.72 Å². The number of sulfonamides is 1. The second-order valence-corrected chi connectivity index (χ2v) is 8.18. The molecule has 27 heavy (non-hydrogen) atoms. The van der Waals surface area contributed by atoms with E-state index in [-0.39, 0.29) is 4.90 Å². The Morgan fingerprint density at radius 2 is 1.85 bits per heavy atom. The van der Waals surface area contributed by atoms with Crippen LogP contribution in [-0.2, 0) is 16.6 Å². The Balaban J connectivity index is 1.90. The van der Waals surface area contributed by atoms with Crippen LogP contribution in [0, 0.1) is 6.92 Å². The molecule has 7 heteroatoms. The minimum atomic E-state index is -3.72. The first-order valence-electron chi connectivity index (χ1n) is 8.84. The maximum Gasteiger partial charge on any atom is 0.263 e. The van der Waals surface area contributed by atoms with Gasteiger partial charge in [0.1, 0.15) is 0 Å². The number of pyridine rings is 1. The van der Waals surface area contributed by atoms with Crippen LogP contribution in [0.4, 0.5) is 5.82 Å². The molecule has 0 spiro atoms. The topological polar surface area (TPSA) is 76.9 Å². The van der Waals surface area contributed by atoms with E-state index in [0.717, 1.165) is 22.9 Å².